The Morgan fingerprint density at radius 3 is 2.60 bits per heavy atom. The largest absolute Gasteiger partial charge is 0.395 e. The summed E-state index contributed by atoms with van der Waals surface area (Å²) < 4.78 is 12.7. The summed E-state index contributed by atoms with van der Waals surface area (Å²) in [6.07, 6.45) is 2.59. The Morgan fingerprint density at radius 1 is 1.30 bits per heavy atom. The van der Waals surface area contributed by atoms with E-state index in [9.17, 15) is 9.18 Å². The Labute approximate surface area is 119 Å². The molecular weight excluding hydrogens is 259 g/mol. The third kappa shape index (κ3) is 6.02. The molecule has 1 aromatic rings. The summed E-state index contributed by atoms with van der Waals surface area (Å²) in [7, 11) is 0. The molecule has 0 atom stereocenters. The molecule has 2 N–H and O–H groups in total. The van der Waals surface area contributed by atoms with Crippen molar-refractivity contribution >= 4 is 6.03 Å². The average Bonchev–Trinajstić information content (AvgIpc) is 2.45. The lowest BCUT2D eigenvalue weighted by molar-refractivity contribution is 0.176. The van der Waals surface area contributed by atoms with Crippen LogP contribution in [0.3, 0.4) is 0 Å². The van der Waals surface area contributed by atoms with Crippen molar-refractivity contribution in [2.45, 2.75) is 26.2 Å². The molecule has 0 spiro atoms. The van der Waals surface area contributed by atoms with Gasteiger partial charge in [0.1, 0.15) is 5.82 Å². The Bertz CT molecular complexity index is 395. The van der Waals surface area contributed by atoms with Crippen molar-refractivity contribution < 1.29 is 14.3 Å². The van der Waals surface area contributed by atoms with Crippen LogP contribution >= 0.6 is 0 Å². The molecular formula is C15H23FN2O2. The number of unbranched alkanes of at least 4 members (excludes halogenated alkanes) is 1. The number of aliphatic hydroxyl groups is 1. The molecule has 4 nitrogen and oxygen atoms in total. The number of rotatable bonds is 8. The molecule has 5 heteroatoms. The van der Waals surface area contributed by atoms with E-state index >= 15 is 0 Å². The van der Waals surface area contributed by atoms with Gasteiger partial charge < -0.3 is 15.3 Å². The predicted octanol–water partition coefficient (Wildman–Crippen LogP) is 2.17. The number of nitrogens with zero attached hydrogens (tertiary/aromatic N) is 1. The van der Waals surface area contributed by atoms with Gasteiger partial charge in [-0.05, 0) is 30.5 Å². The third-order valence-electron chi connectivity index (χ3n) is 3.04. The Morgan fingerprint density at radius 2 is 2.00 bits per heavy atom. The maximum absolute atomic E-state index is 12.7. The van der Waals surface area contributed by atoms with Gasteiger partial charge in [-0.15, -0.1) is 0 Å². The Kier molecular flexibility index (Phi) is 7.65. The molecule has 0 saturated heterocycles. The van der Waals surface area contributed by atoms with Crippen molar-refractivity contribution in [2.75, 3.05) is 26.2 Å². The van der Waals surface area contributed by atoms with Gasteiger partial charge in [0, 0.05) is 19.6 Å². The van der Waals surface area contributed by atoms with Crippen molar-refractivity contribution in [3.8, 4) is 0 Å². The van der Waals surface area contributed by atoms with Crippen LogP contribution in [0.25, 0.3) is 0 Å². The Hall–Kier alpha value is -1.62. The second kappa shape index (κ2) is 9.31. The first-order valence-corrected chi connectivity index (χ1v) is 7.05. The van der Waals surface area contributed by atoms with Crippen molar-refractivity contribution in [3.63, 3.8) is 0 Å². The molecule has 0 radical (unpaired) electrons. The monoisotopic (exact) mass is 282 g/mol. The van der Waals surface area contributed by atoms with E-state index in [1.165, 1.54) is 12.1 Å². The second-order valence-corrected chi connectivity index (χ2v) is 4.67. The number of halogens is 1. The predicted molar refractivity (Wildman–Crippen MR) is 77.1 cm³/mol. The van der Waals surface area contributed by atoms with Crippen LogP contribution in [-0.2, 0) is 6.42 Å². The lowest BCUT2D eigenvalue weighted by Crippen LogP contribution is -2.42. The van der Waals surface area contributed by atoms with Gasteiger partial charge in [-0.2, -0.15) is 0 Å². The van der Waals surface area contributed by atoms with Crippen LogP contribution in [0.1, 0.15) is 25.3 Å². The van der Waals surface area contributed by atoms with Crippen LogP contribution in [0.15, 0.2) is 24.3 Å². The number of urea groups is 1. The first-order chi connectivity index (χ1) is 9.67. The zero-order valence-electron chi connectivity index (χ0n) is 11.9. The average molecular weight is 282 g/mol. The number of amides is 2. The molecule has 1 rings (SSSR count). The number of hydrogen-bond donors (Lipinski definition) is 2. The lowest BCUT2D eigenvalue weighted by Gasteiger charge is -2.22. The molecule has 0 unspecified atom stereocenters. The summed E-state index contributed by atoms with van der Waals surface area (Å²) in [4.78, 5) is 13.5. The van der Waals surface area contributed by atoms with Gasteiger partial charge in [0.15, 0.2) is 0 Å². The molecule has 0 aliphatic rings. The molecule has 20 heavy (non-hydrogen) atoms. The lowest BCUT2D eigenvalue weighted by atomic mass is 10.1. The first-order valence-electron chi connectivity index (χ1n) is 7.05. The van der Waals surface area contributed by atoms with Crippen LogP contribution in [0.4, 0.5) is 9.18 Å². The van der Waals surface area contributed by atoms with Gasteiger partial charge in [-0.1, -0.05) is 25.5 Å². The Balaban J connectivity index is 2.34. The number of benzene rings is 1. The highest BCUT2D eigenvalue weighted by Crippen LogP contribution is 2.03. The molecule has 0 bridgehead atoms. The number of nitrogens with one attached hydrogen (secondary N) is 1. The number of carbonyl (C=O) groups is 1. The van der Waals surface area contributed by atoms with E-state index in [1.54, 1.807) is 17.0 Å². The fourth-order valence-corrected chi connectivity index (χ4v) is 1.86. The molecule has 0 aliphatic carbocycles. The minimum atomic E-state index is -0.258. The maximum Gasteiger partial charge on any atom is 0.317 e. The highest BCUT2D eigenvalue weighted by atomic mass is 19.1. The van der Waals surface area contributed by atoms with E-state index in [0.717, 1.165) is 18.4 Å². The summed E-state index contributed by atoms with van der Waals surface area (Å²) in [6.45, 7) is 3.53. The van der Waals surface area contributed by atoms with E-state index in [1.807, 2.05) is 0 Å². The summed E-state index contributed by atoms with van der Waals surface area (Å²) in [5.74, 6) is -0.258. The molecule has 0 fully saturated rings. The molecule has 0 aromatic heterocycles. The third-order valence-corrected chi connectivity index (χ3v) is 3.04. The van der Waals surface area contributed by atoms with Crippen LogP contribution in [0.5, 0.6) is 0 Å². The second-order valence-electron chi connectivity index (χ2n) is 4.67. The van der Waals surface area contributed by atoms with Gasteiger partial charge in [-0.3, -0.25) is 0 Å². The minimum Gasteiger partial charge on any atom is -0.395 e. The van der Waals surface area contributed by atoms with E-state index in [-0.39, 0.29) is 18.5 Å². The molecule has 0 saturated carbocycles. The highest BCUT2D eigenvalue weighted by Gasteiger charge is 2.11. The number of carbonyl (C=O) groups excluding carboxylic acids is 1. The zero-order valence-corrected chi connectivity index (χ0v) is 11.9. The summed E-state index contributed by atoms with van der Waals surface area (Å²) in [6, 6.07) is 6.09. The van der Waals surface area contributed by atoms with Crippen LogP contribution in [0.2, 0.25) is 0 Å². The molecule has 2 amide bonds. The van der Waals surface area contributed by atoms with E-state index in [0.29, 0.717) is 26.1 Å². The SMILES string of the molecule is CCCCN(CCO)C(=O)NCCc1ccc(F)cc1. The molecule has 0 aliphatic heterocycles. The summed E-state index contributed by atoms with van der Waals surface area (Å²) in [5.41, 5.74) is 0.981. The van der Waals surface area contributed by atoms with Crippen LogP contribution < -0.4 is 5.32 Å². The number of aliphatic hydroxyl groups excluding tert-OH is 1. The first kappa shape index (κ1) is 16.4. The van der Waals surface area contributed by atoms with Gasteiger partial charge in [0.05, 0.1) is 6.61 Å². The fourth-order valence-electron chi connectivity index (χ4n) is 1.86. The molecule has 1 aromatic carbocycles. The smallest absolute Gasteiger partial charge is 0.317 e. The molecule has 112 valence electrons. The van der Waals surface area contributed by atoms with Crippen molar-refractivity contribution in [3.05, 3.63) is 35.6 Å². The van der Waals surface area contributed by atoms with E-state index in [4.69, 9.17) is 5.11 Å². The highest BCUT2D eigenvalue weighted by molar-refractivity contribution is 5.74. The van der Waals surface area contributed by atoms with Crippen LogP contribution in [-0.4, -0.2) is 42.3 Å². The summed E-state index contributed by atoms with van der Waals surface area (Å²) in [5, 5.41) is 11.8. The van der Waals surface area contributed by atoms with Gasteiger partial charge in [0.25, 0.3) is 0 Å². The van der Waals surface area contributed by atoms with E-state index < -0.39 is 0 Å². The summed E-state index contributed by atoms with van der Waals surface area (Å²) >= 11 is 0. The normalized spacial score (nSPS) is 10.3. The van der Waals surface area contributed by atoms with Crippen molar-refractivity contribution in [1.82, 2.24) is 10.2 Å². The zero-order chi connectivity index (χ0) is 14.8. The van der Waals surface area contributed by atoms with Gasteiger partial charge in [-0.25, -0.2) is 9.18 Å². The fraction of sp³-hybridized carbons (Fsp3) is 0.533. The number of hydrogen-bond acceptors (Lipinski definition) is 2. The van der Waals surface area contributed by atoms with E-state index in [2.05, 4.69) is 12.2 Å². The van der Waals surface area contributed by atoms with Gasteiger partial charge in [0.2, 0.25) is 0 Å². The van der Waals surface area contributed by atoms with Crippen molar-refractivity contribution in [1.29, 1.82) is 0 Å². The van der Waals surface area contributed by atoms with Crippen LogP contribution in [0, 0.1) is 5.82 Å². The molecule has 0 heterocycles. The maximum atomic E-state index is 12.7. The minimum absolute atomic E-state index is 0.0326. The quantitative estimate of drug-likeness (QED) is 0.768. The van der Waals surface area contributed by atoms with Crippen molar-refractivity contribution in [2.24, 2.45) is 0 Å². The topological polar surface area (TPSA) is 52.6 Å². The van der Waals surface area contributed by atoms with Gasteiger partial charge >= 0.3 is 6.03 Å². The standard InChI is InChI=1S/C15H23FN2O2/c1-2-3-10-18(11-12-19)15(20)17-9-8-13-4-6-14(16)7-5-13/h4-7,19H,2-3,8-12H2,1H3,(H,17,20).